The van der Waals surface area contributed by atoms with E-state index in [1.54, 1.807) is 48.5 Å². The zero-order chi connectivity index (χ0) is 26.0. The molecule has 0 aromatic heterocycles. The van der Waals surface area contributed by atoms with Crippen molar-refractivity contribution in [1.82, 2.24) is 10.2 Å². The van der Waals surface area contributed by atoms with E-state index >= 15 is 0 Å². The van der Waals surface area contributed by atoms with Gasteiger partial charge in [-0.15, -0.1) is 0 Å². The molecule has 0 unspecified atom stereocenters. The standard InChI is InChI=1S/C25H34ClN3O5S/c1-5-7-15-27-25(31)23(6-2)28(17-19-11-8-9-14-22(19)26)24(30)18-29(35(4,32)33)20-12-10-13-21(16-20)34-3/h8-14,16,23H,5-7,15,17-18H2,1-4H3,(H,27,31)/t23-/m0/s1. The Morgan fingerprint density at radius 3 is 2.43 bits per heavy atom. The largest absolute Gasteiger partial charge is 0.497 e. The maximum absolute atomic E-state index is 13.6. The lowest BCUT2D eigenvalue weighted by atomic mass is 10.1. The third-order valence-electron chi connectivity index (χ3n) is 5.53. The lowest BCUT2D eigenvalue weighted by molar-refractivity contribution is -0.140. The Balaban J connectivity index is 2.43. The molecule has 1 N–H and O–H groups in total. The highest BCUT2D eigenvalue weighted by Gasteiger charge is 2.32. The van der Waals surface area contributed by atoms with Gasteiger partial charge in [-0.05, 0) is 36.6 Å². The second-order valence-electron chi connectivity index (χ2n) is 8.15. The molecule has 2 aromatic rings. The summed E-state index contributed by atoms with van der Waals surface area (Å²) in [4.78, 5) is 28.1. The minimum absolute atomic E-state index is 0.0634. The molecule has 0 saturated carbocycles. The van der Waals surface area contributed by atoms with Crippen LogP contribution in [0.1, 0.15) is 38.7 Å². The summed E-state index contributed by atoms with van der Waals surface area (Å²) in [5, 5.41) is 3.34. The highest BCUT2D eigenvalue weighted by Crippen LogP contribution is 2.25. The van der Waals surface area contributed by atoms with E-state index in [9.17, 15) is 18.0 Å². The van der Waals surface area contributed by atoms with Crippen LogP contribution in [0.2, 0.25) is 5.02 Å². The fourth-order valence-corrected chi connectivity index (χ4v) is 4.65. The Kier molecular flexibility index (Phi) is 10.9. The van der Waals surface area contributed by atoms with Crippen LogP contribution in [0.25, 0.3) is 0 Å². The van der Waals surface area contributed by atoms with Crippen LogP contribution in [0.4, 0.5) is 5.69 Å². The van der Waals surface area contributed by atoms with Gasteiger partial charge in [-0.3, -0.25) is 13.9 Å². The van der Waals surface area contributed by atoms with Gasteiger partial charge in [-0.25, -0.2) is 8.42 Å². The predicted molar refractivity (Wildman–Crippen MR) is 139 cm³/mol. The van der Waals surface area contributed by atoms with Crippen molar-refractivity contribution < 1.29 is 22.7 Å². The Bertz CT molecular complexity index is 1110. The summed E-state index contributed by atoms with van der Waals surface area (Å²) in [6.45, 7) is 3.92. The molecule has 0 aliphatic carbocycles. The molecule has 0 fully saturated rings. The number of anilines is 1. The number of ether oxygens (including phenoxy) is 1. The Morgan fingerprint density at radius 1 is 1.11 bits per heavy atom. The number of carbonyl (C=O) groups excluding carboxylic acids is 2. The summed E-state index contributed by atoms with van der Waals surface area (Å²) >= 11 is 6.35. The van der Waals surface area contributed by atoms with E-state index in [4.69, 9.17) is 16.3 Å². The smallest absolute Gasteiger partial charge is 0.244 e. The van der Waals surface area contributed by atoms with Gasteiger partial charge in [-0.2, -0.15) is 0 Å². The average molecular weight is 524 g/mol. The number of benzene rings is 2. The van der Waals surface area contributed by atoms with E-state index < -0.39 is 28.5 Å². The molecule has 35 heavy (non-hydrogen) atoms. The van der Waals surface area contributed by atoms with Crippen molar-refractivity contribution in [1.29, 1.82) is 0 Å². The average Bonchev–Trinajstić information content (AvgIpc) is 2.82. The summed E-state index contributed by atoms with van der Waals surface area (Å²) in [5.41, 5.74) is 0.952. The SMILES string of the molecule is CCCCNC(=O)[C@H](CC)N(Cc1ccccc1Cl)C(=O)CN(c1cccc(OC)c1)S(C)(=O)=O. The molecule has 1 atom stereocenters. The minimum Gasteiger partial charge on any atom is -0.497 e. The molecule has 0 aliphatic heterocycles. The van der Waals surface area contributed by atoms with Gasteiger partial charge in [-0.1, -0.05) is 56.1 Å². The monoisotopic (exact) mass is 523 g/mol. The van der Waals surface area contributed by atoms with Crippen LogP contribution < -0.4 is 14.4 Å². The molecule has 0 bridgehead atoms. The van der Waals surface area contributed by atoms with Crippen molar-refractivity contribution in [2.24, 2.45) is 0 Å². The summed E-state index contributed by atoms with van der Waals surface area (Å²) < 4.78 is 31.6. The topological polar surface area (TPSA) is 96.0 Å². The number of amides is 2. The van der Waals surface area contributed by atoms with Crippen molar-refractivity contribution in [3.05, 3.63) is 59.1 Å². The molecule has 0 spiro atoms. The van der Waals surface area contributed by atoms with Gasteiger partial charge in [0.1, 0.15) is 18.3 Å². The lowest BCUT2D eigenvalue weighted by Crippen LogP contribution is -2.52. The van der Waals surface area contributed by atoms with Crippen LogP contribution in [0.5, 0.6) is 5.75 Å². The first-order valence-corrected chi connectivity index (χ1v) is 13.8. The van der Waals surface area contributed by atoms with Crippen LogP contribution in [-0.2, 0) is 26.2 Å². The van der Waals surface area contributed by atoms with E-state index in [-0.39, 0.29) is 12.5 Å². The molecule has 2 rings (SSSR count). The fourth-order valence-electron chi connectivity index (χ4n) is 3.62. The van der Waals surface area contributed by atoms with E-state index in [2.05, 4.69) is 5.32 Å². The van der Waals surface area contributed by atoms with Crippen molar-refractivity contribution >= 4 is 39.1 Å². The second kappa shape index (κ2) is 13.3. The summed E-state index contributed by atoms with van der Waals surface area (Å²) in [5.74, 6) is -0.345. The molecule has 0 saturated heterocycles. The Hall–Kier alpha value is -2.78. The Labute approximate surface area is 213 Å². The number of nitrogens with one attached hydrogen (secondary N) is 1. The molecule has 8 nitrogen and oxygen atoms in total. The maximum atomic E-state index is 13.6. The number of halogens is 1. The molecule has 192 valence electrons. The minimum atomic E-state index is -3.82. The van der Waals surface area contributed by atoms with E-state index in [1.165, 1.54) is 12.0 Å². The van der Waals surface area contributed by atoms with Crippen LogP contribution in [0, 0.1) is 0 Å². The molecule has 10 heteroatoms. The van der Waals surface area contributed by atoms with E-state index in [0.29, 0.717) is 35.0 Å². The predicted octanol–water partition coefficient (Wildman–Crippen LogP) is 3.84. The molecule has 0 radical (unpaired) electrons. The first-order chi connectivity index (χ1) is 16.6. The number of methoxy groups -OCH3 is 1. The first-order valence-electron chi connectivity index (χ1n) is 11.5. The second-order valence-corrected chi connectivity index (χ2v) is 10.5. The first kappa shape index (κ1) is 28.5. The summed E-state index contributed by atoms with van der Waals surface area (Å²) in [7, 11) is -2.34. The molecule has 2 aromatic carbocycles. The molecule has 0 heterocycles. The van der Waals surface area contributed by atoms with Crippen molar-refractivity contribution in [2.45, 2.75) is 45.7 Å². The number of rotatable bonds is 13. The number of carbonyl (C=O) groups is 2. The zero-order valence-corrected chi connectivity index (χ0v) is 22.2. The van der Waals surface area contributed by atoms with Gasteiger partial charge in [0.25, 0.3) is 0 Å². The summed E-state index contributed by atoms with van der Waals surface area (Å²) in [6.07, 6.45) is 3.13. The third-order valence-corrected chi connectivity index (χ3v) is 7.04. The fraction of sp³-hybridized carbons (Fsp3) is 0.440. The molecular formula is C25H34ClN3O5S. The number of hydrogen-bond donors (Lipinski definition) is 1. The van der Waals surface area contributed by atoms with Crippen LogP contribution >= 0.6 is 11.6 Å². The number of unbranched alkanes of at least 4 members (excludes halogenated alkanes) is 1. The highest BCUT2D eigenvalue weighted by molar-refractivity contribution is 7.92. The number of sulfonamides is 1. The van der Waals surface area contributed by atoms with Crippen molar-refractivity contribution in [3.63, 3.8) is 0 Å². The van der Waals surface area contributed by atoms with Gasteiger partial charge < -0.3 is 15.0 Å². The van der Waals surface area contributed by atoms with E-state index in [0.717, 1.165) is 23.4 Å². The van der Waals surface area contributed by atoms with Gasteiger partial charge in [0.2, 0.25) is 21.8 Å². The van der Waals surface area contributed by atoms with Crippen LogP contribution in [0.15, 0.2) is 48.5 Å². The highest BCUT2D eigenvalue weighted by atomic mass is 35.5. The molecular weight excluding hydrogens is 490 g/mol. The molecule has 0 aliphatic rings. The third kappa shape index (κ3) is 8.14. The van der Waals surface area contributed by atoms with Crippen LogP contribution in [0.3, 0.4) is 0 Å². The van der Waals surface area contributed by atoms with Crippen molar-refractivity contribution in [3.8, 4) is 5.75 Å². The zero-order valence-electron chi connectivity index (χ0n) is 20.7. The van der Waals surface area contributed by atoms with Gasteiger partial charge >= 0.3 is 0 Å². The van der Waals surface area contributed by atoms with E-state index in [1.807, 2.05) is 13.8 Å². The number of hydrogen-bond acceptors (Lipinski definition) is 5. The molecule has 2 amide bonds. The van der Waals surface area contributed by atoms with Gasteiger partial charge in [0, 0.05) is 24.2 Å². The summed E-state index contributed by atoms with van der Waals surface area (Å²) in [6, 6.07) is 12.7. The number of nitrogens with zero attached hydrogens (tertiary/aromatic N) is 2. The lowest BCUT2D eigenvalue weighted by Gasteiger charge is -2.33. The van der Waals surface area contributed by atoms with Gasteiger partial charge in [0.15, 0.2) is 0 Å². The van der Waals surface area contributed by atoms with Crippen LogP contribution in [-0.4, -0.2) is 57.6 Å². The van der Waals surface area contributed by atoms with Gasteiger partial charge in [0.05, 0.1) is 19.1 Å². The normalized spacial score (nSPS) is 12.0. The quantitative estimate of drug-likeness (QED) is 0.402. The maximum Gasteiger partial charge on any atom is 0.244 e. The van der Waals surface area contributed by atoms with Crippen molar-refractivity contribution in [2.75, 3.05) is 30.8 Å². The Morgan fingerprint density at radius 2 is 1.83 bits per heavy atom.